The number of unbranched alkanes of at least 4 members (excludes halogenated alkanes) is 15. The van der Waals surface area contributed by atoms with Crippen LogP contribution in [0.15, 0.2) is 122 Å². The summed E-state index contributed by atoms with van der Waals surface area (Å²) in [5.41, 5.74) is 0. The Hall–Kier alpha value is -4.19. The van der Waals surface area contributed by atoms with Gasteiger partial charge >= 0.3 is 17.9 Å². The predicted molar refractivity (Wildman–Crippen MR) is 260 cm³/mol. The SMILES string of the molecule is CC\C=C/C=C\C=C/C=C\C=C\C=C/CCCCCC(=O)OCC(COC(=O)CCCCCC/C=C\CCCC)OC(=O)CCCCCCCC/C=C\C/C=C\C/C=C\CC. The maximum absolute atomic E-state index is 12.8. The van der Waals surface area contributed by atoms with Crippen molar-refractivity contribution in [2.45, 2.75) is 194 Å². The number of esters is 3. The highest BCUT2D eigenvalue weighted by Crippen LogP contribution is 2.12. The summed E-state index contributed by atoms with van der Waals surface area (Å²) in [6.45, 7) is 6.25. The predicted octanol–water partition coefficient (Wildman–Crippen LogP) is 15.7. The van der Waals surface area contributed by atoms with Crippen molar-refractivity contribution in [3.05, 3.63) is 122 Å². The molecule has 0 fully saturated rings. The van der Waals surface area contributed by atoms with E-state index in [0.717, 1.165) is 122 Å². The van der Waals surface area contributed by atoms with Gasteiger partial charge in [0.05, 0.1) is 0 Å². The van der Waals surface area contributed by atoms with Crippen molar-refractivity contribution in [3.8, 4) is 0 Å². The molecule has 0 aromatic carbocycles. The van der Waals surface area contributed by atoms with E-state index in [1.165, 1.54) is 25.7 Å². The molecule has 0 rings (SSSR count). The maximum atomic E-state index is 12.8. The molecule has 61 heavy (non-hydrogen) atoms. The van der Waals surface area contributed by atoms with E-state index >= 15 is 0 Å². The van der Waals surface area contributed by atoms with Crippen molar-refractivity contribution in [1.82, 2.24) is 0 Å². The van der Waals surface area contributed by atoms with Gasteiger partial charge in [-0.2, -0.15) is 0 Å². The van der Waals surface area contributed by atoms with Crippen LogP contribution in [0.25, 0.3) is 0 Å². The van der Waals surface area contributed by atoms with Gasteiger partial charge in [0.25, 0.3) is 0 Å². The molecule has 0 aromatic rings. The van der Waals surface area contributed by atoms with Gasteiger partial charge in [-0.25, -0.2) is 0 Å². The molecule has 0 heterocycles. The van der Waals surface area contributed by atoms with E-state index in [1.54, 1.807) is 0 Å². The number of carbonyl (C=O) groups excluding carboxylic acids is 3. The molecular formula is C55H86O6. The zero-order valence-corrected chi connectivity index (χ0v) is 38.9. The highest BCUT2D eigenvalue weighted by atomic mass is 16.6. The summed E-state index contributed by atoms with van der Waals surface area (Å²) in [4.78, 5) is 37.8. The quantitative estimate of drug-likeness (QED) is 0.0201. The molecule has 342 valence electrons. The van der Waals surface area contributed by atoms with E-state index in [4.69, 9.17) is 14.2 Å². The van der Waals surface area contributed by atoms with Gasteiger partial charge in [-0.3, -0.25) is 14.4 Å². The van der Waals surface area contributed by atoms with E-state index < -0.39 is 6.10 Å². The van der Waals surface area contributed by atoms with Gasteiger partial charge in [-0.15, -0.1) is 0 Å². The van der Waals surface area contributed by atoms with Crippen molar-refractivity contribution in [1.29, 1.82) is 0 Å². The fourth-order valence-electron chi connectivity index (χ4n) is 6.00. The number of hydrogen-bond acceptors (Lipinski definition) is 6. The van der Waals surface area contributed by atoms with Crippen molar-refractivity contribution >= 4 is 17.9 Å². The van der Waals surface area contributed by atoms with Crippen LogP contribution in [0, 0.1) is 0 Å². The van der Waals surface area contributed by atoms with Gasteiger partial charge in [-0.05, 0) is 89.9 Å². The van der Waals surface area contributed by atoms with Crippen molar-refractivity contribution in [3.63, 3.8) is 0 Å². The van der Waals surface area contributed by atoms with E-state index in [1.807, 2.05) is 60.8 Å². The van der Waals surface area contributed by atoms with Gasteiger partial charge in [0.2, 0.25) is 0 Å². The summed E-state index contributed by atoms with van der Waals surface area (Å²) < 4.78 is 16.7. The molecule has 0 amide bonds. The van der Waals surface area contributed by atoms with Gasteiger partial charge in [0.15, 0.2) is 6.10 Å². The minimum atomic E-state index is -0.810. The smallest absolute Gasteiger partial charge is 0.306 e. The lowest BCUT2D eigenvalue weighted by Gasteiger charge is -2.18. The lowest BCUT2D eigenvalue weighted by molar-refractivity contribution is -0.167. The normalized spacial score (nSPS) is 13.2. The van der Waals surface area contributed by atoms with Crippen molar-refractivity contribution in [2.24, 2.45) is 0 Å². The maximum Gasteiger partial charge on any atom is 0.306 e. The lowest BCUT2D eigenvalue weighted by Crippen LogP contribution is -2.30. The molecule has 1 atom stereocenters. The Labute approximate surface area is 373 Å². The number of ether oxygens (including phenoxy) is 3. The average molecular weight is 843 g/mol. The summed E-state index contributed by atoms with van der Waals surface area (Å²) >= 11 is 0. The van der Waals surface area contributed by atoms with E-state index in [2.05, 4.69) is 81.5 Å². The largest absolute Gasteiger partial charge is 0.462 e. The Bertz CT molecular complexity index is 1340. The van der Waals surface area contributed by atoms with Crippen LogP contribution in [-0.4, -0.2) is 37.2 Å². The molecule has 0 aromatic heterocycles. The van der Waals surface area contributed by atoms with Crippen molar-refractivity contribution < 1.29 is 28.6 Å². The second-order valence-electron chi connectivity index (χ2n) is 15.4. The summed E-state index contributed by atoms with van der Waals surface area (Å²) in [6, 6.07) is 0. The number of hydrogen-bond donors (Lipinski definition) is 0. The Balaban J connectivity index is 4.52. The van der Waals surface area contributed by atoms with E-state index in [-0.39, 0.29) is 31.1 Å². The van der Waals surface area contributed by atoms with Crippen LogP contribution in [0.5, 0.6) is 0 Å². The molecule has 6 nitrogen and oxygen atoms in total. The summed E-state index contributed by atoms with van der Waals surface area (Å²) in [7, 11) is 0. The van der Waals surface area contributed by atoms with Crippen LogP contribution in [0.2, 0.25) is 0 Å². The fraction of sp³-hybridized carbons (Fsp3) is 0.582. The molecule has 0 aliphatic heterocycles. The monoisotopic (exact) mass is 843 g/mol. The minimum Gasteiger partial charge on any atom is -0.462 e. The summed E-state index contributed by atoms with van der Waals surface area (Å²) in [6.07, 6.45) is 66.0. The Morgan fingerprint density at radius 1 is 0.361 bits per heavy atom. The second kappa shape index (κ2) is 48.5. The van der Waals surface area contributed by atoms with Gasteiger partial charge < -0.3 is 14.2 Å². The molecule has 0 radical (unpaired) electrons. The van der Waals surface area contributed by atoms with Crippen LogP contribution < -0.4 is 0 Å². The minimum absolute atomic E-state index is 0.108. The molecule has 0 spiro atoms. The van der Waals surface area contributed by atoms with Gasteiger partial charge in [0, 0.05) is 19.3 Å². The first-order valence-electron chi connectivity index (χ1n) is 24.1. The highest BCUT2D eigenvalue weighted by molar-refractivity contribution is 5.71. The van der Waals surface area contributed by atoms with Gasteiger partial charge in [0.1, 0.15) is 13.2 Å². The van der Waals surface area contributed by atoms with Crippen LogP contribution in [0.3, 0.4) is 0 Å². The van der Waals surface area contributed by atoms with E-state index in [0.29, 0.717) is 19.3 Å². The zero-order valence-electron chi connectivity index (χ0n) is 38.9. The van der Waals surface area contributed by atoms with Crippen LogP contribution in [0.4, 0.5) is 0 Å². The first kappa shape index (κ1) is 56.8. The van der Waals surface area contributed by atoms with Crippen LogP contribution in [0.1, 0.15) is 188 Å². The fourth-order valence-corrected chi connectivity index (χ4v) is 6.00. The third-order valence-electron chi connectivity index (χ3n) is 9.59. The second-order valence-corrected chi connectivity index (χ2v) is 15.4. The molecule has 0 bridgehead atoms. The Morgan fingerprint density at radius 3 is 1.23 bits per heavy atom. The number of allylic oxidation sites excluding steroid dienone is 20. The van der Waals surface area contributed by atoms with Gasteiger partial charge in [-0.1, -0.05) is 200 Å². The zero-order chi connectivity index (χ0) is 44.4. The first-order valence-corrected chi connectivity index (χ1v) is 24.1. The standard InChI is InChI=1S/C55H86O6/c1-4-7-10-13-16-19-22-24-26-28-30-31-33-36-39-42-45-48-54(57)60-51-52(50-59-53(56)47-44-41-38-35-21-18-15-12-9-6-3)61-55(58)49-46-43-40-37-34-32-29-27-25-23-20-17-14-11-8-5-2/h7-8,10-11,13,15-20,22,24-28,30-31,33,52H,4-6,9,12,14,21,23,29,32,34-51H2,1-3H3/b10-7-,11-8-,16-13-,18-15-,20-17-,22-19-,26-24-,27-25-,30-28+,33-31-. The topological polar surface area (TPSA) is 78.9 Å². The third-order valence-corrected chi connectivity index (χ3v) is 9.59. The summed E-state index contributed by atoms with van der Waals surface area (Å²) in [5.74, 6) is -0.991. The first-order chi connectivity index (χ1) is 30.0. The molecule has 0 aliphatic carbocycles. The third kappa shape index (κ3) is 46.7. The molecular weight excluding hydrogens is 757 g/mol. The lowest BCUT2D eigenvalue weighted by atomic mass is 10.1. The number of carbonyl (C=O) groups is 3. The summed E-state index contributed by atoms with van der Waals surface area (Å²) in [5, 5.41) is 0. The molecule has 6 heteroatoms. The molecule has 1 unspecified atom stereocenters. The Kier molecular flexibility index (Phi) is 45.1. The molecule has 0 saturated carbocycles. The molecule has 0 N–H and O–H groups in total. The van der Waals surface area contributed by atoms with Crippen LogP contribution >= 0.6 is 0 Å². The molecule has 0 saturated heterocycles. The highest BCUT2D eigenvalue weighted by Gasteiger charge is 2.19. The van der Waals surface area contributed by atoms with Crippen molar-refractivity contribution in [2.75, 3.05) is 13.2 Å². The molecule has 0 aliphatic rings. The van der Waals surface area contributed by atoms with Crippen LogP contribution in [-0.2, 0) is 28.6 Å². The van der Waals surface area contributed by atoms with E-state index in [9.17, 15) is 14.4 Å². The average Bonchev–Trinajstić information content (AvgIpc) is 3.26. The Morgan fingerprint density at radius 2 is 0.721 bits per heavy atom. The number of rotatable bonds is 41.